The first kappa shape index (κ1) is 15.3. The molecule has 0 aliphatic carbocycles. The van der Waals surface area contributed by atoms with Gasteiger partial charge in [-0.05, 0) is 26.7 Å². The molecule has 7 heteroatoms. The normalized spacial score (nSPS) is 17.3. The van der Waals surface area contributed by atoms with Crippen molar-refractivity contribution in [2.24, 2.45) is 0 Å². The first-order valence-corrected chi connectivity index (χ1v) is 7.71. The number of carbonyl (C=O) groups excluding carboxylic acids is 1. The molecule has 3 heterocycles. The number of nitrogens with one attached hydrogen (secondary N) is 1. The Kier molecular flexibility index (Phi) is 4.18. The van der Waals surface area contributed by atoms with Gasteiger partial charge in [-0.3, -0.25) is 9.78 Å². The summed E-state index contributed by atoms with van der Waals surface area (Å²) in [5, 5.41) is 3.04. The Hall–Kier alpha value is -2.57. The molecule has 1 aliphatic heterocycles. The molecule has 23 heavy (non-hydrogen) atoms. The van der Waals surface area contributed by atoms with E-state index in [1.165, 1.54) is 6.20 Å². The first-order valence-electron chi connectivity index (χ1n) is 7.71. The highest BCUT2D eigenvalue weighted by Gasteiger charge is 2.32. The highest BCUT2D eigenvalue weighted by Crippen LogP contribution is 2.32. The minimum Gasteiger partial charge on any atom is -0.373 e. The number of hydrogen-bond acceptors (Lipinski definition) is 6. The second-order valence-electron chi connectivity index (χ2n) is 5.67. The minimum absolute atomic E-state index is 0.0422. The summed E-state index contributed by atoms with van der Waals surface area (Å²) in [5.74, 6) is 1.37. The van der Waals surface area contributed by atoms with E-state index in [-0.39, 0.29) is 11.9 Å². The third kappa shape index (κ3) is 3.13. The van der Waals surface area contributed by atoms with E-state index in [1.807, 2.05) is 31.9 Å². The Morgan fingerprint density at radius 2 is 2.09 bits per heavy atom. The minimum atomic E-state index is -0.0951. The summed E-state index contributed by atoms with van der Waals surface area (Å²) in [6.45, 7) is 4.41. The predicted molar refractivity (Wildman–Crippen MR) is 86.1 cm³/mol. The van der Waals surface area contributed by atoms with E-state index < -0.39 is 0 Å². The zero-order valence-electron chi connectivity index (χ0n) is 13.6. The molecule has 0 saturated carbocycles. The van der Waals surface area contributed by atoms with E-state index in [9.17, 15) is 4.79 Å². The molecule has 2 aromatic rings. The fourth-order valence-electron chi connectivity index (χ4n) is 2.86. The van der Waals surface area contributed by atoms with Crippen LogP contribution in [-0.4, -0.2) is 44.3 Å². The number of amides is 1. The highest BCUT2D eigenvalue weighted by molar-refractivity contribution is 5.92. The van der Waals surface area contributed by atoms with Crippen LogP contribution in [0.3, 0.4) is 0 Å². The van der Waals surface area contributed by atoms with Crippen molar-refractivity contribution in [1.82, 2.24) is 24.8 Å². The quantitative estimate of drug-likeness (QED) is 0.932. The van der Waals surface area contributed by atoms with Crippen LogP contribution in [-0.2, 0) is 0 Å². The Labute approximate surface area is 135 Å². The summed E-state index contributed by atoms with van der Waals surface area (Å²) in [6.07, 6.45) is 5.00. The van der Waals surface area contributed by atoms with Crippen LogP contribution < -0.4 is 5.32 Å². The fraction of sp³-hybridized carbons (Fsp3) is 0.438. The lowest BCUT2D eigenvalue weighted by molar-refractivity contribution is 0.0726. The summed E-state index contributed by atoms with van der Waals surface area (Å²) in [4.78, 5) is 31.8. The third-order valence-electron chi connectivity index (χ3n) is 3.97. The fourth-order valence-corrected chi connectivity index (χ4v) is 2.86. The van der Waals surface area contributed by atoms with Gasteiger partial charge in [0.25, 0.3) is 5.91 Å². The average Bonchev–Trinajstić information content (AvgIpc) is 3.04. The standard InChI is InChI=1S/C16H20N6O/c1-10-8-19-13(9-18-10)16(23)22-6-4-5-14(22)12-7-15(17-3)21-11(2)20-12/h7-9,14H,4-6H2,1-3H3,(H,17,20,21). The number of rotatable bonds is 3. The van der Waals surface area contributed by atoms with Crippen molar-refractivity contribution in [1.29, 1.82) is 0 Å². The molecule has 1 saturated heterocycles. The van der Waals surface area contributed by atoms with E-state index in [0.717, 1.165) is 30.0 Å². The average molecular weight is 312 g/mol. The third-order valence-corrected chi connectivity index (χ3v) is 3.97. The Balaban J connectivity index is 1.89. The van der Waals surface area contributed by atoms with Gasteiger partial charge in [0.1, 0.15) is 17.3 Å². The van der Waals surface area contributed by atoms with Gasteiger partial charge in [0.05, 0.1) is 23.6 Å². The van der Waals surface area contributed by atoms with E-state index in [1.54, 1.807) is 6.20 Å². The molecule has 1 aliphatic rings. The maximum absolute atomic E-state index is 12.7. The molecule has 2 aromatic heterocycles. The largest absolute Gasteiger partial charge is 0.373 e. The maximum Gasteiger partial charge on any atom is 0.274 e. The molecule has 0 radical (unpaired) electrons. The van der Waals surface area contributed by atoms with Crippen LogP contribution in [0.25, 0.3) is 0 Å². The van der Waals surface area contributed by atoms with Gasteiger partial charge in [-0.1, -0.05) is 0 Å². The van der Waals surface area contributed by atoms with Crippen LogP contribution in [0.15, 0.2) is 18.5 Å². The lowest BCUT2D eigenvalue weighted by Gasteiger charge is -2.24. The number of hydrogen-bond donors (Lipinski definition) is 1. The van der Waals surface area contributed by atoms with Crippen LogP contribution in [0, 0.1) is 13.8 Å². The van der Waals surface area contributed by atoms with Crippen LogP contribution in [0.5, 0.6) is 0 Å². The van der Waals surface area contributed by atoms with Gasteiger partial charge < -0.3 is 10.2 Å². The molecule has 0 aromatic carbocycles. The smallest absolute Gasteiger partial charge is 0.274 e. The van der Waals surface area contributed by atoms with Crippen LogP contribution in [0.4, 0.5) is 5.82 Å². The zero-order chi connectivity index (χ0) is 16.4. The van der Waals surface area contributed by atoms with Crippen molar-refractivity contribution in [3.05, 3.63) is 41.4 Å². The number of nitrogens with zero attached hydrogens (tertiary/aromatic N) is 5. The highest BCUT2D eigenvalue weighted by atomic mass is 16.2. The molecule has 1 unspecified atom stereocenters. The number of likely N-dealkylation sites (tertiary alicyclic amines) is 1. The zero-order valence-corrected chi connectivity index (χ0v) is 13.6. The molecular weight excluding hydrogens is 292 g/mol. The lowest BCUT2D eigenvalue weighted by Crippen LogP contribution is -2.32. The number of carbonyl (C=O) groups is 1. The van der Waals surface area contributed by atoms with Crippen molar-refractivity contribution < 1.29 is 4.79 Å². The van der Waals surface area contributed by atoms with Crippen LogP contribution in [0.2, 0.25) is 0 Å². The topological polar surface area (TPSA) is 83.9 Å². The van der Waals surface area contributed by atoms with Crippen molar-refractivity contribution in [3.63, 3.8) is 0 Å². The molecule has 1 atom stereocenters. The molecule has 3 rings (SSSR count). The van der Waals surface area contributed by atoms with Crippen molar-refractivity contribution in [3.8, 4) is 0 Å². The van der Waals surface area contributed by atoms with Gasteiger partial charge in [-0.2, -0.15) is 0 Å². The SMILES string of the molecule is CNc1cc(C2CCCN2C(=O)c2cnc(C)cn2)nc(C)n1. The van der Waals surface area contributed by atoms with E-state index in [0.29, 0.717) is 18.1 Å². The molecule has 1 fully saturated rings. The van der Waals surface area contributed by atoms with Crippen molar-refractivity contribution in [2.75, 3.05) is 18.9 Å². The van der Waals surface area contributed by atoms with Gasteiger partial charge in [0.2, 0.25) is 0 Å². The monoisotopic (exact) mass is 312 g/mol. The predicted octanol–water partition coefficient (Wildman–Crippen LogP) is 1.90. The summed E-state index contributed by atoms with van der Waals surface area (Å²) in [7, 11) is 1.82. The second-order valence-corrected chi connectivity index (χ2v) is 5.67. The van der Waals surface area contributed by atoms with E-state index >= 15 is 0 Å². The summed E-state index contributed by atoms with van der Waals surface area (Å²) < 4.78 is 0. The van der Waals surface area contributed by atoms with Gasteiger partial charge in [0.15, 0.2) is 0 Å². The summed E-state index contributed by atoms with van der Waals surface area (Å²) >= 11 is 0. The maximum atomic E-state index is 12.7. The van der Waals surface area contributed by atoms with E-state index in [2.05, 4.69) is 25.3 Å². The molecule has 120 valence electrons. The molecule has 1 N–H and O–H groups in total. The second kappa shape index (κ2) is 6.28. The Morgan fingerprint density at radius 3 is 2.78 bits per heavy atom. The van der Waals surface area contributed by atoms with Gasteiger partial charge in [-0.25, -0.2) is 15.0 Å². The van der Waals surface area contributed by atoms with Gasteiger partial charge in [-0.15, -0.1) is 0 Å². The molecule has 1 amide bonds. The van der Waals surface area contributed by atoms with Crippen LogP contribution >= 0.6 is 0 Å². The van der Waals surface area contributed by atoms with Crippen molar-refractivity contribution in [2.45, 2.75) is 32.7 Å². The number of aryl methyl sites for hydroxylation is 2. The number of aromatic nitrogens is 4. The number of anilines is 1. The summed E-state index contributed by atoms with van der Waals surface area (Å²) in [6, 6.07) is 1.86. The van der Waals surface area contributed by atoms with E-state index in [4.69, 9.17) is 0 Å². The molecular formula is C16H20N6O. The first-order chi connectivity index (χ1) is 11.1. The Bertz CT molecular complexity index is 715. The molecule has 0 spiro atoms. The summed E-state index contributed by atoms with van der Waals surface area (Å²) in [5.41, 5.74) is 2.04. The Morgan fingerprint density at radius 1 is 1.26 bits per heavy atom. The van der Waals surface area contributed by atoms with Crippen LogP contribution in [0.1, 0.15) is 46.6 Å². The van der Waals surface area contributed by atoms with Gasteiger partial charge in [0, 0.05) is 25.9 Å². The van der Waals surface area contributed by atoms with Gasteiger partial charge >= 0.3 is 0 Å². The lowest BCUT2D eigenvalue weighted by atomic mass is 10.1. The molecule has 7 nitrogen and oxygen atoms in total. The molecule has 0 bridgehead atoms. The van der Waals surface area contributed by atoms with Crippen molar-refractivity contribution >= 4 is 11.7 Å².